The summed E-state index contributed by atoms with van der Waals surface area (Å²) in [5, 5.41) is 1.61. The van der Waals surface area contributed by atoms with Crippen molar-refractivity contribution in [3.05, 3.63) is 107 Å². The maximum Gasteiger partial charge on any atom is 0.246 e. The highest BCUT2D eigenvalue weighted by Gasteiger charge is 2.23. The number of piperazine rings is 1. The van der Waals surface area contributed by atoms with Crippen molar-refractivity contribution in [2.24, 2.45) is 0 Å². The van der Waals surface area contributed by atoms with Gasteiger partial charge in [-0.15, -0.1) is 0 Å². The Bertz CT molecular complexity index is 1330. The lowest BCUT2D eigenvalue weighted by molar-refractivity contribution is -0.126. The van der Waals surface area contributed by atoms with E-state index in [9.17, 15) is 4.79 Å². The molecule has 6 heteroatoms. The van der Waals surface area contributed by atoms with Gasteiger partial charge in [0.2, 0.25) is 5.91 Å². The minimum absolute atomic E-state index is 0.0349. The number of aromatic nitrogens is 2. The molecule has 5 rings (SSSR count). The summed E-state index contributed by atoms with van der Waals surface area (Å²) in [5.41, 5.74) is 3.18. The second kappa shape index (κ2) is 10.7. The Morgan fingerprint density at radius 1 is 0.857 bits per heavy atom. The minimum Gasteiger partial charge on any atom is -0.352 e. The van der Waals surface area contributed by atoms with Crippen LogP contribution in [-0.4, -0.2) is 47.0 Å². The summed E-state index contributed by atoms with van der Waals surface area (Å²) in [5.74, 6) is 1.75. The minimum atomic E-state index is 0.0349. The van der Waals surface area contributed by atoms with E-state index >= 15 is 0 Å². The Morgan fingerprint density at radius 3 is 2.31 bits per heavy atom. The van der Waals surface area contributed by atoms with Crippen molar-refractivity contribution in [3.63, 3.8) is 0 Å². The Labute approximate surface area is 210 Å². The zero-order valence-corrected chi connectivity index (χ0v) is 20.2. The number of hydrogen-bond acceptors (Lipinski definition) is 4. The number of fused-ring (bicyclic) bond motifs is 1. The van der Waals surface area contributed by atoms with Crippen molar-refractivity contribution in [1.82, 2.24) is 14.9 Å². The van der Waals surface area contributed by atoms with Crippen LogP contribution in [0.3, 0.4) is 0 Å². The van der Waals surface area contributed by atoms with E-state index in [1.807, 2.05) is 65.6 Å². The molecule has 0 atom stereocenters. The van der Waals surface area contributed by atoms with E-state index in [0.717, 1.165) is 41.0 Å². The maximum absolute atomic E-state index is 12.7. The third-order valence-corrected chi connectivity index (χ3v) is 6.51. The molecule has 0 unspecified atom stereocenters. The number of rotatable bonds is 6. The van der Waals surface area contributed by atoms with Crippen molar-refractivity contribution >= 4 is 40.3 Å². The van der Waals surface area contributed by atoms with Crippen LogP contribution in [-0.2, 0) is 17.6 Å². The van der Waals surface area contributed by atoms with Gasteiger partial charge in [0.1, 0.15) is 11.6 Å². The average molecular weight is 483 g/mol. The predicted molar refractivity (Wildman–Crippen MR) is 143 cm³/mol. The first-order valence-corrected chi connectivity index (χ1v) is 12.3. The van der Waals surface area contributed by atoms with Gasteiger partial charge in [-0.1, -0.05) is 72.3 Å². The molecule has 4 aromatic rings. The SMILES string of the molecule is O=C(/C=C/c1ccccc1)N1CCN(c2nc(CCc3ccccc3)nc3ccc(Cl)cc23)CC1. The number of anilines is 1. The molecular formula is C29H27ClN4O. The molecule has 0 radical (unpaired) electrons. The molecule has 1 saturated heterocycles. The number of hydrogen-bond donors (Lipinski definition) is 0. The number of aryl methyl sites for hydroxylation is 2. The molecule has 0 N–H and O–H groups in total. The number of benzene rings is 3. The molecule has 2 heterocycles. The number of nitrogens with zero attached hydrogens (tertiary/aromatic N) is 4. The second-order valence-electron chi connectivity index (χ2n) is 8.67. The molecule has 1 amide bonds. The van der Waals surface area contributed by atoms with Crippen LogP contribution in [0, 0.1) is 0 Å². The molecular weight excluding hydrogens is 456 g/mol. The van der Waals surface area contributed by atoms with Crippen LogP contribution in [0.15, 0.2) is 84.9 Å². The van der Waals surface area contributed by atoms with Crippen LogP contribution >= 0.6 is 11.6 Å². The first-order valence-electron chi connectivity index (χ1n) is 11.9. The topological polar surface area (TPSA) is 49.3 Å². The second-order valence-corrected chi connectivity index (χ2v) is 9.10. The van der Waals surface area contributed by atoms with E-state index in [2.05, 4.69) is 29.2 Å². The van der Waals surface area contributed by atoms with Crippen molar-refractivity contribution in [2.45, 2.75) is 12.8 Å². The molecule has 0 saturated carbocycles. The fourth-order valence-corrected chi connectivity index (χ4v) is 4.53. The summed E-state index contributed by atoms with van der Waals surface area (Å²) in [4.78, 5) is 26.6. The number of carbonyl (C=O) groups excluding carboxylic acids is 1. The molecule has 1 fully saturated rings. The first-order chi connectivity index (χ1) is 17.2. The lowest BCUT2D eigenvalue weighted by Gasteiger charge is -2.35. The Hall–Kier alpha value is -3.70. The van der Waals surface area contributed by atoms with Crippen LogP contribution in [0.5, 0.6) is 0 Å². The van der Waals surface area contributed by atoms with Crippen molar-refractivity contribution < 1.29 is 4.79 Å². The molecule has 176 valence electrons. The molecule has 0 aliphatic carbocycles. The van der Waals surface area contributed by atoms with Gasteiger partial charge in [-0.05, 0) is 41.8 Å². The number of halogens is 1. The van der Waals surface area contributed by atoms with Gasteiger partial charge in [0.15, 0.2) is 0 Å². The standard InChI is InChI=1S/C29H27ClN4O/c30-24-13-14-26-25(21-24)29(32-27(31-26)15-11-22-7-3-1-4-8-22)34-19-17-33(18-20-34)28(35)16-12-23-9-5-2-6-10-23/h1-10,12-14,16,21H,11,15,17-20H2/b16-12+. The highest BCUT2D eigenvalue weighted by atomic mass is 35.5. The van der Waals surface area contributed by atoms with Crippen LogP contribution < -0.4 is 4.90 Å². The fraction of sp³-hybridized carbons (Fsp3) is 0.207. The van der Waals surface area contributed by atoms with Gasteiger partial charge >= 0.3 is 0 Å². The zero-order chi connectivity index (χ0) is 24.0. The van der Waals surface area contributed by atoms with Crippen LogP contribution in [0.2, 0.25) is 5.02 Å². The van der Waals surface area contributed by atoms with Gasteiger partial charge in [0.05, 0.1) is 5.52 Å². The highest BCUT2D eigenvalue weighted by molar-refractivity contribution is 6.31. The van der Waals surface area contributed by atoms with E-state index in [1.54, 1.807) is 6.08 Å². The summed E-state index contributed by atoms with van der Waals surface area (Å²) in [6, 6.07) is 26.0. The molecule has 5 nitrogen and oxygen atoms in total. The molecule has 1 aliphatic heterocycles. The maximum atomic E-state index is 12.7. The molecule has 1 aromatic heterocycles. The predicted octanol–water partition coefficient (Wildman–Crippen LogP) is 5.43. The third-order valence-electron chi connectivity index (χ3n) is 6.27. The smallest absolute Gasteiger partial charge is 0.246 e. The van der Waals surface area contributed by atoms with E-state index in [0.29, 0.717) is 31.2 Å². The monoisotopic (exact) mass is 482 g/mol. The van der Waals surface area contributed by atoms with Gasteiger partial charge in [0, 0.05) is 49.1 Å². The largest absolute Gasteiger partial charge is 0.352 e. The summed E-state index contributed by atoms with van der Waals surface area (Å²) < 4.78 is 0. The van der Waals surface area contributed by atoms with Gasteiger partial charge in [-0.25, -0.2) is 9.97 Å². The third kappa shape index (κ3) is 5.69. The Kier molecular flexibility index (Phi) is 7.05. The molecule has 0 spiro atoms. The zero-order valence-electron chi connectivity index (χ0n) is 19.5. The van der Waals surface area contributed by atoms with Crippen molar-refractivity contribution in [3.8, 4) is 0 Å². The van der Waals surface area contributed by atoms with Crippen LogP contribution in [0.4, 0.5) is 5.82 Å². The Morgan fingerprint density at radius 2 is 1.57 bits per heavy atom. The summed E-state index contributed by atoms with van der Waals surface area (Å²) >= 11 is 6.33. The van der Waals surface area contributed by atoms with Gasteiger partial charge < -0.3 is 9.80 Å². The Balaban J connectivity index is 1.32. The van der Waals surface area contributed by atoms with Gasteiger partial charge in [-0.2, -0.15) is 0 Å². The summed E-state index contributed by atoms with van der Waals surface area (Å²) in [7, 11) is 0. The van der Waals surface area contributed by atoms with Crippen LogP contribution in [0.1, 0.15) is 17.0 Å². The lowest BCUT2D eigenvalue weighted by Crippen LogP contribution is -2.48. The van der Waals surface area contributed by atoms with E-state index in [-0.39, 0.29) is 5.91 Å². The summed E-state index contributed by atoms with van der Waals surface area (Å²) in [6.45, 7) is 2.70. The van der Waals surface area contributed by atoms with Crippen molar-refractivity contribution in [1.29, 1.82) is 0 Å². The fourth-order valence-electron chi connectivity index (χ4n) is 4.36. The quantitative estimate of drug-likeness (QED) is 0.344. The normalized spacial score (nSPS) is 14.1. The first kappa shape index (κ1) is 23.1. The molecule has 1 aliphatic rings. The number of amides is 1. The average Bonchev–Trinajstić information content (AvgIpc) is 2.91. The molecule has 0 bridgehead atoms. The van der Waals surface area contributed by atoms with Gasteiger partial charge in [0.25, 0.3) is 0 Å². The number of carbonyl (C=O) groups is 1. The van der Waals surface area contributed by atoms with Crippen molar-refractivity contribution in [2.75, 3.05) is 31.1 Å². The van der Waals surface area contributed by atoms with E-state index in [1.165, 1.54) is 5.56 Å². The van der Waals surface area contributed by atoms with Gasteiger partial charge in [-0.3, -0.25) is 4.79 Å². The van der Waals surface area contributed by atoms with E-state index in [4.69, 9.17) is 21.6 Å². The molecule has 3 aromatic carbocycles. The lowest BCUT2D eigenvalue weighted by atomic mass is 10.1. The van der Waals surface area contributed by atoms with Crippen LogP contribution in [0.25, 0.3) is 17.0 Å². The van der Waals surface area contributed by atoms with E-state index < -0.39 is 0 Å². The molecule has 35 heavy (non-hydrogen) atoms. The highest BCUT2D eigenvalue weighted by Crippen LogP contribution is 2.28. The summed E-state index contributed by atoms with van der Waals surface area (Å²) in [6.07, 6.45) is 5.17.